The van der Waals surface area contributed by atoms with Crippen LogP contribution in [0.5, 0.6) is 0 Å². The molecule has 0 spiro atoms. The number of aliphatic hydroxyl groups excluding tert-OH is 2. The van der Waals surface area contributed by atoms with Gasteiger partial charge in [0.05, 0.1) is 25.4 Å². The zero-order valence-electron chi connectivity index (χ0n) is 55.7. The molecule has 0 fully saturated rings. The van der Waals surface area contributed by atoms with Gasteiger partial charge < -0.3 is 20.3 Å². The average Bonchev–Trinajstić information content (AvgIpc) is 3.49. The Labute approximate surface area is 518 Å². The van der Waals surface area contributed by atoms with E-state index in [0.717, 1.165) is 57.8 Å². The first-order valence-electron chi connectivity index (χ1n) is 37.1. The predicted molar refractivity (Wildman–Crippen MR) is 365 cm³/mol. The predicted octanol–water partition coefficient (Wildman–Crippen LogP) is 24.2. The molecule has 6 heteroatoms. The molecular weight excluding hydrogens is 1020 g/mol. The first-order valence-corrected chi connectivity index (χ1v) is 37.1. The van der Waals surface area contributed by atoms with Crippen LogP contribution in [0.4, 0.5) is 0 Å². The first kappa shape index (κ1) is 80.6. The molecule has 0 heterocycles. The van der Waals surface area contributed by atoms with Gasteiger partial charge in [-0.05, 0) is 96.3 Å². The molecule has 0 aromatic heterocycles. The largest absolute Gasteiger partial charge is 0.466 e. The summed E-state index contributed by atoms with van der Waals surface area (Å²) in [4.78, 5) is 24.6. The summed E-state index contributed by atoms with van der Waals surface area (Å²) in [6, 6.07) is -0.628. The van der Waals surface area contributed by atoms with E-state index in [0.29, 0.717) is 19.4 Å². The Morgan fingerprint density at radius 1 is 0.337 bits per heavy atom. The van der Waals surface area contributed by atoms with E-state index in [1.807, 2.05) is 6.08 Å². The van der Waals surface area contributed by atoms with E-state index in [9.17, 15) is 19.8 Å². The zero-order chi connectivity index (χ0) is 59.9. The Morgan fingerprint density at radius 3 is 0.940 bits per heavy atom. The molecule has 2 atom stereocenters. The van der Waals surface area contributed by atoms with E-state index < -0.39 is 12.1 Å². The number of hydrogen-bond donors (Lipinski definition) is 3. The topological polar surface area (TPSA) is 95.9 Å². The van der Waals surface area contributed by atoms with Gasteiger partial charge in [0.1, 0.15) is 0 Å². The summed E-state index contributed by atoms with van der Waals surface area (Å²) in [6.45, 7) is 4.90. The fourth-order valence-electron chi connectivity index (χ4n) is 11.3. The second-order valence-corrected chi connectivity index (χ2v) is 25.3. The van der Waals surface area contributed by atoms with Gasteiger partial charge in [-0.3, -0.25) is 9.59 Å². The quantitative estimate of drug-likeness (QED) is 0.0320. The van der Waals surface area contributed by atoms with Crippen molar-refractivity contribution in [1.29, 1.82) is 0 Å². The van der Waals surface area contributed by atoms with Crippen LogP contribution in [0.1, 0.15) is 393 Å². The van der Waals surface area contributed by atoms with Gasteiger partial charge in [-0.2, -0.15) is 0 Å². The van der Waals surface area contributed by atoms with E-state index in [-0.39, 0.29) is 18.5 Å². The smallest absolute Gasteiger partial charge is 0.305 e. The lowest BCUT2D eigenvalue weighted by atomic mass is 10.0. The van der Waals surface area contributed by atoms with Crippen molar-refractivity contribution in [2.75, 3.05) is 13.2 Å². The minimum atomic E-state index is -0.845. The van der Waals surface area contributed by atoms with Crippen LogP contribution >= 0.6 is 0 Å². The molecular formula is C77H143NO5. The van der Waals surface area contributed by atoms with Crippen LogP contribution in [0.3, 0.4) is 0 Å². The molecule has 0 radical (unpaired) electrons. The Hall–Kier alpha value is -2.44. The van der Waals surface area contributed by atoms with Crippen molar-refractivity contribution in [2.45, 2.75) is 405 Å². The molecule has 0 aromatic rings. The van der Waals surface area contributed by atoms with Crippen LogP contribution in [0, 0.1) is 0 Å². The van der Waals surface area contributed by atoms with Crippen molar-refractivity contribution >= 4 is 11.9 Å². The highest BCUT2D eigenvalue weighted by molar-refractivity contribution is 5.76. The third-order valence-electron chi connectivity index (χ3n) is 17.0. The lowest BCUT2D eigenvalue weighted by molar-refractivity contribution is -0.143. The number of aliphatic hydroxyl groups is 2. The molecule has 486 valence electrons. The van der Waals surface area contributed by atoms with Crippen LogP contribution in [0.25, 0.3) is 0 Å². The van der Waals surface area contributed by atoms with E-state index in [2.05, 4.69) is 67.8 Å². The number of esters is 1. The number of unbranched alkanes of at least 4 members (excludes halogenated alkanes) is 50. The molecule has 3 N–H and O–H groups in total. The Bertz CT molecular complexity index is 1430. The van der Waals surface area contributed by atoms with Gasteiger partial charge in [-0.25, -0.2) is 0 Å². The first-order chi connectivity index (χ1) is 41.0. The summed E-state index contributed by atoms with van der Waals surface area (Å²) in [6.07, 6.45) is 96.0. The van der Waals surface area contributed by atoms with Crippen molar-refractivity contribution in [2.24, 2.45) is 0 Å². The Balaban J connectivity index is 3.41. The number of rotatable bonds is 69. The highest BCUT2D eigenvalue weighted by Crippen LogP contribution is 2.18. The van der Waals surface area contributed by atoms with Gasteiger partial charge in [0, 0.05) is 12.8 Å². The molecule has 0 bridgehead atoms. The summed E-state index contributed by atoms with van der Waals surface area (Å²) in [5.74, 6) is -0.0637. The van der Waals surface area contributed by atoms with Gasteiger partial charge >= 0.3 is 5.97 Å². The monoisotopic (exact) mass is 1160 g/mol. The average molecular weight is 1160 g/mol. The summed E-state index contributed by atoms with van der Waals surface area (Å²) >= 11 is 0. The number of allylic oxidation sites excluding steroid dienone is 9. The SMILES string of the molecule is CCCCC/C=C\C/C=C\CCCCCCCC(=O)OCCCCCCCCCCC/C=C\C/C=C\CCCCCCCCCCCCCCCCCCCC(=O)NC(CO)C(O)/C=C/CCCCCCCCCCCCCCCCCC. The molecule has 83 heavy (non-hydrogen) atoms. The molecule has 0 aliphatic carbocycles. The molecule has 0 saturated carbocycles. The third kappa shape index (κ3) is 68.5. The van der Waals surface area contributed by atoms with E-state index >= 15 is 0 Å². The maximum absolute atomic E-state index is 12.5. The number of nitrogens with one attached hydrogen (secondary N) is 1. The second kappa shape index (κ2) is 72.0. The summed E-state index contributed by atoms with van der Waals surface area (Å²) < 4.78 is 5.48. The summed E-state index contributed by atoms with van der Waals surface area (Å²) in [5, 5.41) is 23.2. The minimum Gasteiger partial charge on any atom is -0.466 e. The molecule has 1 amide bonds. The molecule has 0 rings (SSSR count). The fourth-order valence-corrected chi connectivity index (χ4v) is 11.3. The van der Waals surface area contributed by atoms with Crippen LogP contribution in [0.2, 0.25) is 0 Å². The zero-order valence-corrected chi connectivity index (χ0v) is 55.7. The van der Waals surface area contributed by atoms with Crippen molar-refractivity contribution in [3.8, 4) is 0 Å². The maximum atomic E-state index is 12.5. The Kier molecular flexibility index (Phi) is 69.9. The van der Waals surface area contributed by atoms with E-state index in [4.69, 9.17) is 4.74 Å². The van der Waals surface area contributed by atoms with E-state index in [1.54, 1.807) is 6.08 Å². The summed E-state index contributed by atoms with van der Waals surface area (Å²) in [7, 11) is 0. The molecule has 0 aliphatic heterocycles. The molecule has 0 saturated heterocycles. The van der Waals surface area contributed by atoms with Gasteiger partial charge in [0.25, 0.3) is 0 Å². The molecule has 0 aliphatic rings. The maximum Gasteiger partial charge on any atom is 0.305 e. The van der Waals surface area contributed by atoms with Crippen LogP contribution < -0.4 is 5.32 Å². The van der Waals surface area contributed by atoms with Crippen LogP contribution in [-0.4, -0.2) is 47.4 Å². The molecule has 2 unspecified atom stereocenters. The number of hydrogen-bond acceptors (Lipinski definition) is 5. The highest BCUT2D eigenvalue weighted by Gasteiger charge is 2.18. The number of carbonyl (C=O) groups excluding carboxylic acids is 2. The molecule has 0 aromatic carbocycles. The second-order valence-electron chi connectivity index (χ2n) is 25.3. The van der Waals surface area contributed by atoms with Gasteiger partial charge in [0.2, 0.25) is 5.91 Å². The van der Waals surface area contributed by atoms with Crippen molar-refractivity contribution in [1.82, 2.24) is 5.32 Å². The van der Waals surface area contributed by atoms with Gasteiger partial charge in [0.15, 0.2) is 0 Å². The fraction of sp³-hybridized carbons (Fsp3) is 0.844. The third-order valence-corrected chi connectivity index (χ3v) is 17.0. The van der Waals surface area contributed by atoms with Crippen LogP contribution in [0.15, 0.2) is 60.8 Å². The number of ether oxygens (including phenoxy) is 1. The summed E-state index contributed by atoms with van der Waals surface area (Å²) in [5.41, 5.74) is 0. The lowest BCUT2D eigenvalue weighted by Crippen LogP contribution is -2.45. The standard InChI is InChI=1S/C77H143NO5/c1-3-5-7-9-11-13-15-17-19-20-38-42-45-49-53-57-61-65-69-75(80)74(73-79)78-76(81)70-66-62-58-54-50-46-43-39-36-34-32-30-28-26-24-22-21-23-25-27-29-31-33-35-37-40-44-48-52-56-60-64-68-72-83-77(82)71-67-63-59-55-51-47-41-18-16-14-12-10-8-6-4-2/h12,14,18,25,27,31,33,41,65,69,74-75,79-80H,3-11,13,15-17,19-24,26,28-30,32,34-40,42-64,66-68,70-73H2,1-2H3,(H,78,81)/b14-12-,27-25-,33-31-,41-18-,69-65+. The molecule has 6 nitrogen and oxygen atoms in total. The van der Waals surface area contributed by atoms with Crippen molar-refractivity contribution in [3.05, 3.63) is 60.8 Å². The van der Waals surface area contributed by atoms with Crippen molar-refractivity contribution < 1.29 is 24.5 Å². The lowest BCUT2D eigenvalue weighted by Gasteiger charge is -2.20. The number of carbonyl (C=O) groups is 2. The normalized spacial score (nSPS) is 12.9. The number of amides is 1. The van der Waals surface area contributed by atoms with Gasteiger partial charge in [-0.15, -0.1) is 0 Å². The Morgan fingerprint density at radius 2 is 0.602 bits per heavy atom. The van der Waals surface area contributed by atoms with Crippen molar-refractivity contribution in [3.63, 3.8) is 0 Å². The highest BCUT2D eigenvalue weighted by atomic mass is 16.5. The van der Waals surface area contributed by atoms with Gasteiger partial charge in [-0.1, -0.05) is 344 Å². The van der Waals surface area contributed by atoms with Crippen LogP contribution in [-0.2, 0) is 14.3 Å². The minimum absolute atomic E-state index is 0.000177. The van der Waals surface area contributed by atoms with E-state index in [1.165, 1.54) is 308 Å².